The van der Waals surface area contributed by atoms with Crippen LogP contribution in [0.5, 0.6) is 0 Å². The van der Waals surface area contributed by atoms with Crippen molar-refractivity contribution in [1.29, 1.82) is 0 Å². The lowest BCUT2D eigenvalue weighted by Gasteiger charge is -2.13. The number of alkyl halides is 3. The zero-order valence-electron chi connectivity index (χ0n) is 10.8. The van der Waals surface area contributed by atoms with E-state index >= 15 is 0 Å². The molecule has 2 aromatic rings. The first-order valence-electron chi connectivity index (χ1n) is 6.19. The Morgan fingerprint density at radius 3 is 2.52 bits per heavy atom. The van der Waals surface area contributed by atoms with Gasteiger partial charge in [0.25, 0.3) is 0 Å². The van der Waals surface area contributed by atoms with Gasteiger partial charge in [0.05, 0.1) is 6.10 Å². The summed E-state index contributed by atoms with van der Waals surface area (Å²) in [6, 6.07) is 7.36. The van der Waals surface area contributed by atoms with Gasteiger partial charge >= 0.3 is 6.18 Å². The number of halogens is 4. The number of aryl methyl sites for hydroxylation is 1. The summed E-state index contributed by atoms with van der Waals surface area (Å²) in [5.74, 6) is 0. The molecule has 1 N–H and O–H groups in total. The van der Waals surface area contributed by atoms with Crippen molar-refractivity contribution in [1.82, 2.24) is 9.97 Å². The quantitative estimate of drug-likeness (QED) is 0.872. The maximum absolute atomic E-state index is 12.5. The van der Waals surface area contributed by atoms with Crippen LogP contribution in [0.1, 0.15) is 29.5 Å². The van der Waals surface area contributed by atoms with Gasteiger partial charge in [-0.2, -0.15) is 13.2 Å². The Balaban J connectivity index is 2.07. The fraction of sp³-hybridized carbons (Fsp3) is 0.286. The van der Waals surface area contributed by atoms with Crippen LogP contribution in [-0.2, 0) is 12.6 Å². The molecule has 2 heterocycles. The Morgan fingerprint density at radius 1 is 1.19 bits per heavy atom. The molecular weight excluding hydrogens is 305 g/mol. The first kappa shape index (κ1) is 15.7. The highest BCUT2D eigenvalue weighted by Gasteiger charge is 2.33. The minimum Gasteiger partial charge on any atom is -0.388 e. The van der Waals surface area contributed by atoms with Gasteiger partial charge in [-0.1, -0.05) is 23.7 Å². The van der Waals surface area contributed by atoms with Gasteiger partial charge in [0.2, 0.25) is 0 Å². The summed E-state index contributed by atoms with van der Waals surface area (Å²) in [6.45, 7) is 0. The van der Waals surface area contributed by atoms with Gasteiger partial charge in [0.1, 0.15) is 10.8 Å². The molecule has 7 heteroatoms. The second-order valence-corrected chi connectivity index (χ2v) is 4.81. The van der Waals surface area contributed by atoms with Crippen LogP contribution < -0.4 is 0 Å². The number of pyridine rings is 2. The van der Waals surface area contributed by atoms with E-state index in [1.807, 2.05) is 6.07 Å². The lowest BCUT2D eigenvalue weighted by molar-refractivity contribution is -0.141. The molecule has 21 heavy (non-hydrogen) atoms. The Bertz CT molecular complexity index is 605. The molecular formula is C14H12ClF3N2O. The summed E-state index contributed by atoms with van der Waals surface area (Å²) >= 11 is 5.73. The maximum atomic E-state index is 12.5. The van der Waals surface area contributed by atoms with Crippen molar-refractivity contribution < 1.29 is 18.3 Å². The molecule has 0 bridgehead atoms. The van der Waals surface area contributed by atoms with Crippen LogP contribution in [0.25, 0.3) is 0 Å². The predicted octanol–water partition coefficient (Wildman–Crippen LogP) is 3.82. The monoisotopic (exact) mass is 316 g/mol. The minimum atomic E-state index is -4.55. The zero-order chi connectivity index (χ0) is 15.5. The maximum Gasteiger partial charge on any atom is 0.433 e. The average Bonchev–Trinajstić information content (AvgIpc) is 2.45. The van der Waals surface area contributed by atoms with E-state index in [2.05, 4.69) is 9.97 Å². The number of aromatic nitrogens is 2. The number of aliphatic hydroxyl groups is 1. The van der Waals surface area contributed by atoms with E-state index < -0.39 is 18.0 Å². The Labute approximate surface area is 124 Å². The number of hydrogen-bond acceptors (Lipinski definition) is 3. The van der Waals surface area contributed by atoms with Gasteiger partial charge in [0.15, 0.2) is 0 Å². The second-order valence-electron chi connectivity index (χ2n) is 4.45. The molecule has 3 nitrogen and oxygen atoms in total. The first-order valence-corrected chi connectivity index (χ1v) is 6.57. The Morgan fingerprint density at radius 2 is 1.95 bits per heavy atom. The fourth-order valence-corrected chi connectivity index (χ4v) is 2.12. The molecule has 0 saturated heterocycles. The van der Waals surface area contributed by atoms with E-state index in [-0.39, 0.29) is 10.7 Å². The Hall–Kier alpha value is -1.66. The molecule has 0 amide bonds. The SMILES string of the molecule is OC(CCc1ccccn1)c1ccc(C(F)(F)F)nc1Cl. The molecule has 2 aromatic heterocycles. The first-order chi connectivity index (χ1) is 9.88. The highest BCUT2D eigenvalue weighted by molar-refractivity contribution is 6.30. The van der Waals surface area contributed by atoms with Gasteiger partial charge < -0.3 is 5.11 Å². The van der Waals surface area contributed by atoms with Gasteiger partial charge in [-0.05, 0) is 31.0 Å². The molecule has 0 aliphatic heterocycles. The van der Waals surface area contributed by atoms with E-state index in [1.54, 1.807) is 18.3 Å². The highest BCUT2D eigenvalue weighted by Crippen LogP contribution is 2.31. The van der Waals surface area contributed by atoms with E-state index in [0.29, 0.717) is 12.8 Å². The predicted molar refractivity (Wildman–Crippen MR) is 71.8 cm³/mol. The summed E-state index contributed by atoms with van der Waals surface area (Å²) in [5.41, 5.74) is -0.110. The van der Waals surface area contributed by atoms with Gasteiger partial charge in [-0.15, -0.1) is 0 Å². The number of aliphatic hydroxyl groups excluding tert-OH is 1. The number of hydrogen-bond donors (Lipinski definition) is 1. The molecule has 1 atom stereocenters. The van der Waals surface area contributed by atoms with Gasteiger partial charge in [-0.3, -0.25) is 4.98 Å². The van der Waals surface area contributed by atoms with Crippen LogP contribution in [0.15, 0.2) is 36.5 Å². The third-order valence-electron chi connectivity index (χ3n) is 2.93. The van der Waals surface area contributed by atoms with Crippen LogP contribution in [0.3, 0.4) is 0 Å². The fourth-order valence-electron chi connectivity index (χ4n) is 1.84. The van der Waals surface area contributed by atoms with Crippen molar-refractivity contribution in [3.63, 3.8) is 0 Å². The van der Waals surface area contributed by atoms with Crippen molar-refractivity contribution in [2.75, 3.05) is 0 Å². The van der Waals surface area contributed by atoms with Crippen molar-refractivity contribution in [2.45, 2.75) is 25.1 Å². The normalized spacial score (nSPS) is 13.2. The van der Waals surface area contributed by atoms with E-state index in [0.717, 1.165) is 17.8 Å². The third-order valence-corrected chi connectivity index (χ3v) is 3.23. The van der Waals surface area contributed by atoms with E-state index in [1.165, 1.54) is 0 Å². The summed E-state index contributed by atoms with van der Waals surface area (Å²) < 4.78 is 37.4. The lowest BCUT2D eigenvalue weighted by Crippen LogP contribution is -2.10. The van der Waals surface area contributed by atoms with E-state index in [9.17, 15) is 18.3 Å². The third kappa shape index (κ3) is 4.15. The van der Waals surface area contributed by atoms with E-state index in [4.69, 9.17) is 11.6 Å². The van der Waals surface area contributed by atoms with Crippen LogP contribution in [0, 0.1) is 0 Å². The summed E-state index contributed by atoms with van der Waals surface area (Å²) in [6.07, 6.45) is -3.13. The van der Waals surface area contributed by atoms with Gasteiger partial charge in [-0.25, -0.2) is 4.98 Å². The molecule has 0 aliphatic carbocycles. The molecule has 1 unspecified atom stereocenters. The summed E-state index contributed by atoms with van der Waals surface area (Å²) in [7, 11) is 0. The molecule has 0 spiro atoms. The van der Waals surface area contributed by atoms with Crippen molar-refractivity contribution in [2.24, 2.45) is 0 Å². The average molecular weight is 317 g/mol. The lowest BCUT2D eigenvalue weighted by atomic mass is 10.0. The number of rotatable bonds is 4. The standard InChI is InChI=1S/C14H12ClF3N2O/c15-13-10(5-7-12(20-13)14(16,17)18)11(21)6-4-9-3-1-2-8-19-9/h1-3,5,7-8,11,21H,4,6H2. The van der Waals surface area contributed by atoms with Crippen molar-refractivity contribution in [3.05, 3.63) is 58.6 Å². The smallest absolute Gasteiger partial charge is 0.388 e. The zero-order valence-corrected chi connectivity index (χ0v) is 11.6. The topological polar surface area (TPSA) is 46.0 Å². The Kier molecular flexibility index (Phi) is 4.80. The van der Waals surface area contributed by atoms with Crippen molar-refractivity contribution >= 4 is 11.6 Å². The van der Waals surface area contributed by atoms with Crippen molar-refractivity contribution in [3.8, 4) is 0 Å². The van der Waals surface area contributed by atoms with Crippen LogP contribution >= 0.6 is 11.6 Å². The minimum absolute atomic E-state index is 0.181. The summed E-state index contributed by atoms with van der Waals surface area (Å²) in [5, 5.41) is 9.69. The highest BCUT2D eigenvalue weighted by atomic mass is 35.5. The largest absolute Gasteiger partial charge is 0.433 e. The van der Waals surface area contributed by atoms with Crippen LogP contribution in [0.4, 0.5) is 13.2 Å². The molecule has 0 fully saturated rings. The molecule has 0 saturated carbocycles. The molecule has 0 aliphatic rings. The van der Waals surface area contributed by atoms with Crippen LogP contribution in [0.2, 0.25) is 5.15 Å². The molecule has 0 aromatic carbocycles. The molecule has 112 valence electrons. The molecule has 2 rings (SSSR count). The molecule has 0 radical (unpaired) electrons. The van der Waals surface area contributed by atoms with Gasteiger partial charge in [0, 0.05) is 17.5 Å². The summed E-state index contributed by atoms with van der Waals surface area (Å²) in [4.78, 5) is 7.39. The van der Waals surface area contributed by atoms with Crippen LogP contribution in [-0.4, -0.2) is 15.1 Å². The number of nitrogens with zero attached hydrogens (tertiary/aromatic N) is 2. The second kappa shape index (κ2) is 6.41.